The minimum atomic E-state index is -0.394. The zero-order chi connectivity index (χ0) is 22.2. The maximum atomic E-state index is 12.4. The molecule has 1 heterocycles. The van der Waals surface area contributed by atoms with Crippen molar-refractivity contribution in [1.82, 2.24) is 5.43 Å². The van der Waals surface area contributed by atoms with Gasteiger partial charge in [-0.15, -0.1) is 0 Å². The third-order valence-corrected chi connectivity index (χ3v) is 7.01. The highest BCUT2D eigenvalue weighted by Crippen LogP contribution is 2.44. The van der Waals surface area contributed by atoms with Crippen molar-refractivity contribution in [2.75, 3.05) is 11.4 Å². The minimum Gasteiger partial charge on any atom is -0.506 e. The van der Waals surface area contributed by atoms with E-state index in [-0.39, 0.29) is 11.3 Å². The summed E-state index contributed by atoms with van der Waals surface area (Å²) in [7, 11) is 0. The van der Waals surface area contributed by atoms with Gasteiger partial charge in [0, 0.05) is 28.9 Å². The summed E-state index contributed by atoms with van der Waals surface area (Å²) < 4.78 is 0.835. The fourth-order valence-electron chi connectivity index (χ4n) is 4.14. The van der Waals surface area contributed by atoms with Crippen molar-refractivity contribution in [2.45, 2.75) is 45.6 Å². The predicted molar refractivity (Wildman–Crippen MR) is 130 cm³/mol. The number of amides is 1. The summed E-state index contributed by atoms with van der Waals surface area (Å²) in [5, 5.41) is 14.5. The number of benzene rings is 2. The van der Waals surface area contributed by atoms with Crippen LogP contribution in [0.15, 0.2) is 38.3 Å². The first kappa shape index (κ1) is 23.1. The number of rotatable bonds is 4. The average Bonchev–Trinajstić information content (AvgIpc) is 2.66. The van der Waals surface area contributed by atoms with Crippen LogP contribution in [0.3, 0.4) is 0 Å². The maximum absolute atomic E-state index is 12.4. The third-order valence-electron chi connectivity index (χ3n) is 5.47. The second-order valence-electron chi connectivity index (χ2n) is 8.08. The molecule has 1 unspecified atom stereocenters. The van der Waals surface area contributed by atoms with E-state index >= 15 is 0 Å². The zero-order valence-electron chi connectivity index (χ0n) is 17.3. The highest BCUT2D eigenvalue weighted by atomic mass is 79.9. The molecule has 0 aliphatic carbocycles. The molecular weight excluding hydrogens is 534 g/mol. The number of carbonyl (C=O) groups excluding carboxylic acids is 1. The van der Waals surface area contributed by atoms with E-state index in [1.807, 2.05) is 6.07 Å². The van der Waals surface area contributed by atoms with Crippen LogP contribution in [0.4, 0.5) is 5.69 Å². The van der Waals surface area contributed by atoms with E-state index in [9.17, 15) is 9.90 Å². The standard InChI is InChI=1S/C22H24Br2ClN3O2/c1-5-28-19-9-18(25)14(6-15(19)12(2)10-22(28,3)4)11-26-27-21(30)13-7-16(23)20(29)17(24)8-13/h6-9,11-12,29H,5,10H2,1-4H3,(H,27,30)/b26-11-. The van der Waals surface area contributed by atoms with Gasteiger partial charge in [0.1, 0.15) is 5.75 Å². The molecular formula is C22H24Br2ClN3O2. The number of halogens is 3. The first-order valence-electron chi connectivity index (χ1n) is 9.67. The number of hydrogen-bond donors (Lipinski definition) is 2. The molecule has 1 aliphatic rings. The lowest BCUT2D eigenvalue weighted by molar-refractivity contribution is 0.0955. The number of nitrogens with zero attached hydrogens (tertiary/aromatic N) is 2. The predicted octanol–water partition coefficient (Wildman–Crippen LogP) is 6.45. The Labute approximate surface area is 198 Å². The molecule has 5 nitrogen and oxygen atoms in total. The Kier molecular flexibility index (Phi) is 6.84. The number of phenols is 1. The molecule has 3 rings (SSSR count). The number of fused-ring (bicyclic) bond motifs is 1. The fourth-order valence-corrected chi connectivity index (χ4v) is 5.53. The first-order chi connectivity index (χ1) is 14.0. The Morgan fingerprint density at radius 2 is 1.97 bits per heavy atom. The average molecular weight is 558 g/mol. The van der Waals surface area contributed by atoms with Gasteiger partial charge in [0.05, 0.1) is 20.2 Å². The Hall–Kier alpha value is -1.57. The van der Waals surface area contributed by atoms with Gasteiger partial charge in [-0.3, -0.25) is 4.79 Å². The van der Waals surface area contributed by atoms with Gasteiger partial charge >= 0.3 is 0 Å². The number of anilines is 1. The molecule has 0 fully saturated rings. The van der Waals surface area contributed by atoms with Crippen molar-refractivity contribution >= 4 is 61.3 Å². The van der Waals surface area contributed by atoms with Gasteiger partial charge in [0.2, 0.25) is 0 Å². The maximum Gasteiger partial charge on any atom is 0.271 e. The topological polar surface area (TPSA) is 64.9 Å². The quantitative estimate of drug-likeness (QED) is 0.336. The summed E-state index contributed by atoms with van der Waals surface area (Å²) in [4.78, 5) is 14.8. The second kappa shape index (κ2) is 8.89. The molecule has 1 aliphatic heterocycles. The molecule has 8 heteroatoms. The largest absolute Gasteiger partial charge is 0.506 e. The second-order valence-corrected chi connectivity index (χ2v) is 10.2. The summed E-state index contributed by atoms with van der Waals surface area (Å²) in [6, 6.07) is 7.11. The van der Waals surface area contributed by atoms with Crippen molar-refractivity contribution in [3.05, 3.63) is 54.9 Å². The smallest absolute Gasteiger partial charge is 0.271 e. The fraction of sp³-hybridized carbons (Fsp3) is 0.364. The van der Waals surface area contributed by atoms with Gasteiger partial charge < -0.3 is 10.0 Å². The minimum absolute atomic E-state index is 0.0364. The molecule has 2 aromatic rings. The Morgan fingerprint density at radius 3 is 2.57 bits per heavy atom. The van der Waals surface area contributed by atoms with Crippen LogP contribution in [0.25, 0.3) is 0 Å². The Morgan fingerprint density at radius 1 is 1.33 bits per heavy atom. The van der Waals surface area contributed by atoms with Crippen LogP contribution in [-0.2, 0) is 0 Å². The summed E-state index contributed by atoms with van der Waals surface area (Å²) in [6.45, 7) is 9.80. The lowest BCUT2D eigenvalue weighted by atomic mass is 9.79. The molecule has 1 atom stereocenters. The molecule has 0 spiro atoms. The van der Waals surface area contributed by atoms with Crippen LogP contribution in [0.2, 0.25) is 5.02 Å². The number of carbonyl (C=O) groups is 1. The molecule has 0 aromatic heterocycles. The Balaban J connectivity index is 1.83. The van der Waals surface area contributed by atoms with E-state index < -0.39 is 5.91 Å². The monoisotopic (exact) mass is 555 g/mol. The highest BCUT2D eigenvalue weighted by molar-refractivity contribution is 9.11. The molecule has 30 heavy (non-hydrogen) atoms. The lowest BCUT2D eigenvalue weighted by Crippen LogP contribution is -2.48. The number of aromatic hydroxyl groups is 1. The van der Waals surface area contributed by atoms with Crippen molar-refractivity contribution < 1.29 is 9.90 Å². The molecule has 160 valence electrons. The van der Waals surface area contributed by atoms with Crippen LogP contribution in [-0.4, -0.2) is 29.3 Å². The van der Waals surface area contributed by atoms with E-state index in [2.05, 4.69) is 81.0 Å². The van der Waals surface area contributed by atoms with E-state index in [1.54, 1.807) is 6.21 Å². The summed E-state index contributed by atoms with van der Waals surface area (Å²) in [6.07, 6.45) is 2.61. The SMILES string of the molecule is CCN1c2cc(Cl)c(/C=N\NC(=O)c3cc(Br)c(O)c(Br)c3)cc2C(C)CC1(C)C. The molecule has 0 bridgehead atoms. The van der Waals surface area contributed by atoms with Crippen molar-refractivity contribution in [3.8, 4) is 5.75 Å². The van der Waals surface area contributed by atoms with E-state index in [4.69, 9.17) is 11.6 Å². The number of nitrogens with one attached hydrogen (secondary N) is 1. The number of hydrogen-bond acceptors (Lipinski definition) is 4. The van der Waals surface area contributed by atoms with E-state index in [1.165, 1.54) is 17.7 Å². The van der Waals surface area contributed by atoms with Crippen LogP contribution in [0.1, 0.15) is 61.5 Å². The van der Waals surface area contributed by atoms with Crippen LogP contribution < -0.4 is 10.3 Å². The molecule has 2 aromatic carbocycles. The molecule has 2 N–H and O–H groups in total. The molecule has 1 amide bonds. The van der Waals surface area contributed by atoms with Crippen molar-refractivity contribution in [2.24, 2.45) is 5.10 Å². The van der Waals surface area contributed by atoms with Crippen LogP contribution in [0.5, 0.6) is 5.75 Å². The van der Waals surface area contributed by atoms with Crippen molar-refractivity contribution in [1.29, 1.82) is 0 Å². The zero-order valence-corrected chi connectivity index (χ0v) is 21.2. The number of phenolic OH excluding ortho intramolecular Hbond substituents is 1. The molecule has 0 saturated carbocycles. The normalized spacial score (nSPS) is 17.8. The summed E-state index contributed by atoms with van der Waals surface area (Å²) in [5.74, 6) is 0.0341. The highest BCUT2D eigenvalue weighted by Gasteiger charge is 2.35. The summed E-state index contributed by atoms with van der Waals surface area (Å²) >= 11 is 13.0. The van der Waals surface area contributed by atoms with Gasteiger partial charge in [-0.2, -0.15) is 5.10 Å². The Bertz CT molecular complexity index is 1000. The molecule has 0 radical (unpaired) electrons. The van der Waals surface area contributed by atoms with Crippen LogP contribution in [0, 0.1) is 0 Å². The third kappa shape index (κ3) is 4.53. The van der Waals surface area contributed by atoms with Crippen LogP contribution >= 0.6 is 43.5 Å². The van der Waals surface area contributed by atoms with E-state index in [0.717, 1.165) is 24.2 Å². The van der Waals surface area contributed by atoms with Crippen molar-refractivity contribution in [3.63, 3.8) is 0 Å². The van der Waals surface area contributed by atoms with E-state index in [0.29, 0.717) is 25.4 Å². The van der Waals surface area contributed by atoms with Gasteiger partial charge in [-0.1, -0.05) is 18.5 Å². The van der Waals surface area contributed by atoms with Gasteiger partial charge in [0.25, 0.3) is 5.91 Å². The summed E-state index contributed by atoms with van der Waals surface area (Å²) in [5.41, 5.74) is 6.09. The van der Waals surface area contributed by atoms with Gasteiger partial charge in [-0.05, 0) is 94.8 Å². The number of hydrazone groups is 1. The van der Waals surface area contributed by atoms with Gasteiger partial charge in [0.15, 0.2) is 0 Å². The van der Waals surface area contributed by atoms with Gasteiger partial charge in [-0.25, -0.2) is 5.43 Å². The first-order valence-corrected chi connectivity index (χ1v) is 11.6. The lowest BCUT2D eigenvalue weighted by Gasteiger charge is -2.47. The molecule has 0 saturated heterocycles.